The Hall–Kier alpha value is -3.68. The van der Waals surface area contributed by atoms with Crippen LogP contribution in [-0.2, 0) is 28.0 Å². The first-order valence-corrected chi connectivity index (χ1v) is 16.3. The average Bonchev–Trinajstić information content (AvgIpc) is 3.43. The minimum atomic E-state index is -4.39. The first-order valence-electron chi connectivity index (χ1n) is 14.5. The molecule has 0 bridgehead atoms. The third kappa shape index (κ3) is 8.53. The van der Waals surface area contributed by atoms with Crippen molar-refractivity contribution in [2.45, 2.75) is 49.7 Å². The molecule has 4 aromatic rings. The highest BCUT2D eigenvalue weighted by atomic mass is 32.2. The number of alkyl halides is 3. The Morgan fingerprint density at radius 3 is 2.33 bits per heavy atom. The van der Waals surface area contributed by atoms with Gasteiger partial charge < -0.3 is 14.4 Å². The number of thioether (sulfide) groups is 1. The number of ether oxygens (including phenoxy) is 2. The van der Waals surface area contributed by atoms with E-state index in [9.17, 15) is 18.0 Å². The second-order valence-corrected chi connectivity index (χ2v) is 13.0. The largest absolute Gasteiger partial charge is 0.476 e. The SMILES string of the molecule is CCOC(=O)C(C)(C)Oc1ccc(SCc2sc(-c3ccc(C(F)(F)F)cc3)nc2CN2CCN(c3cnccn3)CC2)cc1. The molecule has 1 aliphatic rings. The second-order valence-electron chi connectivity index (χ2n) is 10.9. The van der Waals surface area contributed by atoms with E-state index < -0.39 is 23.3 Å². The van der Waals surface area contributed by atoms with E-state index in [0.29, 0.717) is 28.6 Å². The van der Waals surface area contributed by atoms with Crippen molar-refractivity contribution in [3.05, 3.63) is 83.3 Å². The standard InChI is InChI=1S/C32H34F3N5O3S2/c1-4-42-30(41)31(2,3)43-24-9-11-25(12-10-24)44-21-27-26(20-39-15-17-40(18-16-39)28-19-36-13-14-37-28)38-29(45-27)22-5-7-23(8-6-22)32(33,34)35/h5-14,19H,4,15-18,20-21H2,1-3H3. The summed E-state index contributed by atoms with van der Waals surface area (Å²) in [6.45, 7) is 9.26. The van der Waals surface area contributed by atoms with E-state index in [1.165, 1.54) is 23.5 Å². The molecule has 5 rings (SSSR count). The van der Waals surface area contributed by atoms with Gasteiger partial charge in [-0.2, -0.15) is 13.2 Å². The summed E-state index contributed by atoms with van der Waals surface area (Å²) in [6, 6.07) is 12.7. The van der Waals surface area contributed by atoms with Crippen LogP contribution in [0.25, 0.3) is 10.6 Å². The number of anilines is 1. The van der Waals surface area contributed by atoms with Crippen molar-refractivity contribution in [1.29, 1.82) is 0 Å². The molecule has 238 valence electrons. The lowest BCUT2D eigenvalue weighted by Gasteiger charge is -2.35. The van der Waals surface area contributed by atoms with Gasteiger partial charge in [-0.05, 0) is 57.2 Å². The lowest BCUT2D eigenvalue weighted by molar-refractivity contribution is -0.158. The Labute approximate surface area is 268 Å². The van der Waals surface area contributed by atoms with Gasteiger partial charge in [-0.15, -0.1) is 23.1 Å². The van der Waals surface area contributed by atoms with Gasteiger partial charge in [0.2, 0.25) is 0 Å². The average molecular weight is 658 g/mol. The van der Waals surface area contributed by atoms with Gasteiger partial charge in [0.05, 0.1) is 24.1 Å². The zero-order valence-corrected chi connectivity index (χ0v) is 26.8. The molecule has 0 N–H and O–H groups in total. The molecule has 0 aliphatic carbocycles. The minimum absolute atomic E-state index is 0.278. The Kier molecular flexibility index (Phi) is 10.3. The van der Waals surface area contributed by atoms with Crippen LogP contribution in [0.3, 0.4) is 0 Å². The molecule has 0 unspecified atom stereocenters. The number of carbonyl (C=O) groups is 1. The van der Waals surface area contributed by atoms with Crippen molar-refractivity contribution < 1.29 is 27.4 Å². The van der Waals surface area contributed by atoms with Gasteiger partial charge in [0, 0.05) is 66.2 Å². The monoisotopic (exact) mass is 657 g/mol. The summed E-state index contributed by atoms with van der Waals surface area (Å²) in [4.78, 5) is 32.3. The van der Waals surface area contributed by atoms with Crippen LogP contribution in [0.15, 0.2) is 72.0 Å². The maximum atomic E-state index is 13.2. The summed E-state index contributed by atoms with van der Waals surface area (Å²) in [5.74, 6) is 1.62. The molecule has 1 aliphatic heterocycles. The molecular formula is C32H34F3N5O3S2. The van der Waals surface area contributed by atoms with E-state index in [0.717, 1.165) is 59.6 Å². The molecule has 8 nitrogen and oxygen atoms in total. The molecular weight excluding hydrogens is 624 g/mol. The molecule has 0 atom stereocenters. The number of carbonyl (C=O) groups excluding carboxylic acids is 1. The highest BCUT2D eigenvalue weighted by molar-refractivity contribution is 7.98. The number of aromatic nitrogens is 3. The van der Waals surface area contributed by atoms with Crippen LogP contribution in [0, 0.1) is 0 Å². The number of hydrogen-bond donors (Lipinski definition) is 0. The lowest BCUT2D eigenvalue weighted by atomic mass is 10.1. The highest BCUT2D eigenvalue weighted by Crippen LogP contribution is 2.36. The van der Waals surface area contributed by atoms with Crippen LogP contribution in [0.4, 0.5) is 19.0 Å². The van der Waals surface area contributed by atoms with Gasteiger partial charge in [0.1, 0.15) is 16.6 Å². The van der Waals surface area contributed by atoms with Gasteiger partial charge in [-0.25, -0.2) is 14.8 Å². The first kappa shape index (κ1) is 32.7. The third-order valence-corrected chi connectivity index (χ3v) is 9.56. The van der Waals surface area contributed by atoms with E-state index in [1.54, 1.807) is 51.1 Å². The van der Waals surface area contributed by atoms with Gasteiger partial charge in [-0.3, -0.25) is 9.88 Å². The van der Waals surface area contributed by atoms with E-state index in [4.69, 9.17) is 14.5 Å². The molecule has 3 heterocycles. The fourth-order valence-corrected chi connectivity index (χ4v) is 6.82. The Balaban J connectivity index is 1.29. The Morgan fingerprint density at radius 2 is 1.71 bits per heavy atom. The molecule has 0 saturated carbocycles. The molecule has 0 radical (unpaired) electrons. The summed E-state index contributed by atoms with van der Waals surface area (Å²) >= 11 is 3.14. The van der Waals surface area contributed by atoms with E-state index in [1.807, 2.05) is 24.3 Å². The maximum Gasteiger partial charge on any atom is 0.416 e. The number of hydrogen-bond acceptors (Lipinski definition) is 10. The number of thiazole rings is 1. The van der Waals surface area contributed by atoms with Crippen molar-refractivity contribution >= 4 is 34.9 Å². The highest BCUT2D eigenvalue weighted by Gasteiger charge is 2.32. The van der Waals surface area contributed by atoms with Crippen molar-refractivity contribution in [3.8, 4) is 16.3 Å². The predicted octanol–water partition coefficient (Wildman–Crippen LogP) is 6.95. The fraction of sp³-hybridized carbons (Fsp3) is 0.375. The number of nitrogens with zero attached hydrogens (tertiary/aromatic N) is 5. The normalized spacial score (nSPS) is 14.4. The fourth-order valence-electron chi connectivity index (χ4n) is 4.74. The number of piperazine rings is 1. The van der Waals surface area contributed by atoms with Gasteiger partial charge in [0.25, 0.3) is 0 Å². The van der Waals surface area contributed by atoms with E-state index in [2.05, 4.69) is 19.8 Å². The molecule has 0 amide bonds. The minimum Gasteiger partial charge on any atom is -0.476 e. The quantitative estimate of drug-likeness (QED) is 0.126. The smallest absolute Gasteiger partial charge is 0.416 e. The van der Waals surface area contributed by atoms with Crippen molar-refractivity contribution in [2.75, 3.05) is 37.7 Å². The van der Waals surface area contributed by atoms with Crippen molar-refractivity contribution in [3.63, 3.8) is 0 Å². The summed E-state index contributed by atoms with van der Waals surface area (Å²) in [5.41, 5.74) is -0.218. The van der Waals surface area contributed by atoms with Crippen LogP contribution < -0.4 is 9.64 Å². The first-order chi connectivity index (χ1) is 21.5. The number of rotatable bonds is 11. The molecule has 1 saturated heterocycles. The zero-order chi connectivity index (χ0) is 32.0. The summed E-state index contributed by atoms with van der Waals surface area (Å²) in [7, 11) is 0. The number of benzene rings is 2. The Bertz CT molecular complexity index is 1560. The maximum absolute atomic E-state index is 13.2. The summed E-state index contributed by atoms with van der Waals surface area (Å²) in [6.07, 6.45) is 0.720. The van der Waals surface area contributed by atoms with Gasteiger partial charge >= 0.3 is 12.1 Å². The topological polar surface area (TPSA) is 80.7 Å². The van der Waals surface area contributed by atoms with Gasteiger partial charge in [-0.1, -0.05) is 12.1 Å². The molecule has 2 aromatic carbocycles. The number of esters is 1. The molecule has 2 aromatic heterocycles. The summed E-state index contributed by atoms with van der Waals surface area (Å²) in [5, 5.41) is 0.692. The van der Waals surface area contributed by atoms with Crippen LogP contribution in [-0.4, -0.2) is 64.2 Å². The molecule has 45 heavy (non-hydrogen) atoms. The van der Waals surface area contributed by atoms with Gasteiger partial charge in [0.15, 0.2) is 5.60 Å². The van der Waals surface area contributed by atoms with E-state index >= 15 is 0 Å². The lowest BCUT2D eigenvalue weighted by Crippen LogP contribution is -2.46. The third-order valence-electron chi connectivity index (χ3n) is 7.19. The number of halogens is 3. The zero-order valence-electron chi connectivity index (χ0n) is 25.2. The van der Waals surface area contributed by atoms with Crippen molar-refractivity contribution in [2.24, 2.45) is 0 Å². The molecule has 1 fully saturated rings. The van der Waals surface area contributed by atoms with E-state index in [-0.39, 0.29) is 6.61 Å². The predicted molar refractivity (Wildman–Crippen MR) is 169 cm³/mol. The molecule has 13 heteroatoms. The van der Waals surface area contributed by atoms with Crippen LogP contribution in [0.5, 0.6) is 5.75 Å². The van der Waals surface area contributed by atoms with Crippen LogP contribution in [0.1, 0.15) is 36.9 Å². The second kappa shape index (κ2) is 14.2. The summed E-state index contributed by atoms with van der Waals surface area (Å²) < 4.78 is 50.5. The van der Waals surface area contributed by atoms with Crippen LogP contribution in [0.2, 0.25) is 0 Å². The van der Waals surface area contributed by atoms with Crippen LogP contribution >= 0.6 is 23.1 Å². The van der Waals surface area contributed by atoms with Crippen molar-refractivity contribution in [1.82, 2.24) is 19.9 Å². The Morgan fingerprint density at radius 1 is 1.00 bits per heavy atom. The molecule has 0 spiro atoms.